The number of anilines is 1. The van der Waals surface area contributed by atoms with Crippen molar-refractivity contribution in [1.82, 2.24) is 0 Å². The molecule has 1 spiro atoms. The van der Waals surface area contributed by atoms with E-state index in [2.05, 4.69) is 9.98 Å². The van der Waals surface area contributed by atoms with Gasteiger partial charge in [0.1, 0.15) is 5.66 Å². The predicted octanol–water partition coefficient (Wildman–Crippen LogP) is 1.73. The fourth-order valence-electron chi connectivity index (χ4n) is 3.85. The zero-order valence-corrected chi connectivity index (χ0v) is 14.9. The molecule has 8 heteroatoms. The van der Waals surface area contributed by atoms with Crippen molar-refractivity contribution in [3.63, 3.8) is 0 Å². The molecule has 0 atom stereocenters. The summed E-state index contributed by atoms with van der Waals surface area (Å²) >= 11 is 0. The van der Waals surface area contributed by atoms with Crippen LogP contribution in [0.4, 0.5) is 5.69 Å². The number of hydrogen-bond donors (Lipinski definition) is 2. The summed E-state index contributed by atoms with van der Waals surface area (Å²) in [6, 6.07) is 6.92. The van der Waals surface area contributed by atoms with Crippen LogP contribution in [0.2, 0.25) is 0 Å². The van der Waals surface area contributed by atoms with E-state index in [4.69, 9.17) is 11.5 Å². The van der Waals surface area contributed by atoms with E-state index >= 15 is 0 Å². The maximum absolute atomic E-state index is 12.4. The molecule has 7 nitrogen and oxygen atoms in total. The van der Waals surface area contributed by atoms with Gasteiger partial charge in [-0.3, -0.25) is 4.90 Å². The second-order valence-electron chi connectivity index (χ2n) is 7.06. The lowest BCUT2D eigenvalue weighted by Gasteiger charge is -2.45. The van der Waals surface area contributed by atoms with Crippen molar-refractivity contribution < 1.29 is 8.42 Å². The topological polar surface area (TPSA) is 114 Å². The molecule has 0 aromatic heterocycles. The van der Waals surface area contributed by atoms with Crippen LogP contribution >= 0.6 is 0 Å². The number of sulfone groups is 1. The van der Waals surface area contributed by atoms with Gasteiger partial charge in [0.2, 0.25) is 11.9 Å². The molecule has 4 N–H and O–H groups in total. The van der Waals surface area contributed by atoms with Crippen LogP contribution in [0.3, 0.4) is 0 Å². The van der Waals surface area contributed by atoms with Crippen molar-refractivity contribution in [2.45, 2.75) is 60.8 Å². The largest absolute Gasteiger partial charge is 0.369 e. The Morgan fingerprint density at radius 2 is 1.68 bits per heavy atom. The average Bonchev–Trinajstić information content (AvgIpc) is 3.40. The SMILES string of the molecule is NC1=NC2(CCCCC2)N(c2ccc(S(=O)(=O)C3CC3)cc2)C(N)=N1. The number of rotatable bonds is 3. The monoisotopic (exact) mass is 361 g/mol. The van der Waals surface area contributed by atoms with Crippen molar-refractivity contribution in [3.05, 3.63) is 24.3 Å². The Labute approximate surface area is 147 Å². The van der Waals surface area contributed by atoms with Crippen LogP contribution in [0.1, 0.15) is 44.9 Å². The molecule has 1 aromatic carbocycles. The Kier molecular flexibility index (Phi) is 3.75. The van der Waals surface area contributed by atoms with Crippen LogP contribution in [0.5, 0.6) is 0 Å². The summed E-state index contributed by atoms with van der Waals surface area (Å²) in [6.45, 7) is 0. The van der Waals surface area contributed by atoms with Gasteiger partial charge in [-0.25, -0.2) is 13.4 Å². The Hall–Kier alpha value is -2.09. The highest BCUT2D eigenvalue weighted by atomic mass is 32.2. The maximum atomic E-state index is 12.4. The summed E-state index contributed by atoms with van der Waals surface area (Å²) in [5, 5.41) is -0.214. The summed E-state index contributed by atoms with van der Waals surface area (Å²) in [5.74, 6) is 0.524. The minimum absolute atomic E-state index is 0.212. The van der Waals surface area contributed by atoms with Crippen LogP contribution in [-0.4, -0.2) is 31.2 Å². The summed E-state index contributed by atoms with van der Waals surface area (Å²) in [4.78, 5) is 11.0. The Balaban J connectivity index is 1.70. The third-order valence-electron chi connectivity index (χ3n) is 5.24. The van der Waals surface area contributed by atoms with Crippen molar-refractivity contribution in [2.75, 3.05) is 4.90 Å². The first-order chi connectivity index (χ1) is 11.9. The molecule has 1 aliphatic heterocycles. The summed E-state index contributed by atoms with van der Waals surface area (Å²) < 4.78 is 24.8. The van der Waals surface area contributed by atoms with Gasteiger partial charge in [0.15, 0.2) is 9.84 Å². The first-order valence-corrected chi connectivity index (χ1v) is 10.3. The second-order valence-corrected chi connectivity index (χ2v) is 9.28. The third-order valence-corrected chi connectivity index (χ3v) is 7.52. The molecule has 134 valence electrons. The number of nitrogens with two attached hydrogens (primary N) is 2. The predicted molar refractivity (Wildman–Crippen MR) is 98.2 cm³/mol. The maximum Gasteiger partial charge on any atom is 0.220 e. The fraction of sp³-hybridized carbons (Fsp3) is 0.529. The standard InChI is InChI=1S/C17H23N5O2S/c18-15-20-16(19)22(17(21-15)10-2-1-3-11-17)12-4-6-13(7-5-12)25(23,24)14-8-9-14/h4-7,14H,1-3,8-11H2,(H4,18,19,20,21). The first kappa shape index (κ1) is 16.4. The Morgan fingerprint density at radius 3 is 2.28 bits per heavy atom. The second kappa shape index (κ2) is 5.72. The molecular formula is C17H23N5O2S. The van der Waals surface area contributed by atoms with Gasteiger partial charge in [0.25, 0.3) is 0 Å². The number of guanidine groups is 2. The molecule has 4 rings (SSSR count). The van der Waals surface area contributed by atoms with Crippen LogP contribution < -0.4 is 16.4 Å². The molecule has 1 heterocycles. The average molecular weight is 361 g/mol. The van der Waals surface area contributed by atoms with Crippen LogP contribution in [0.15, 0.2) is 39.1 Å². The molecule has 2 aliphatic carbocycles. The number of aliphatic imine (C=N–C) groups is 2. The molecule has 2 fully saturated rings. The zero-order chi connectivity index (χ0) is 17.7. The highest BCUT2D eigenvalue weighted by Gasteiger charge is 2.43. The highest BCUT2D eigenvalue weighted by Crippen LogP contribution is 2.40. The number of hydrogen-bond acceptors (Lipinski definition) is 7. The van der Waals surface area contributed by atoms with Gasteiger partial charge in [0, 0.05) is 5.69 Å². The molecule has 0 saturated heterocycles. The van der Waals surface area contributed by atoms with E-state index in [9.17, 15) is 8.42 Å². The van der Waals surface area contributed by atoms with Gasteiger partial charge < -0.3 is 11.5 Å². The molecule has 1 aromatic rings. The minimum atomic E-state index is -3.20. The molecular weight excluding hydrogens is 338 g/mol. The van der Waals surface area contributed by atoms with Crippen molar-refractivity contribution in [2.24, 2.45) is 21.5 Å². The summed E-state index contributed by atoms with van der Waals surface area (Å²) in [7, 11) is -3.20. The molecule has 0 bridgehead atoms. The van der Waals surface area contributed by atoms with Crippen molar-refractivity contribution in [1.29, 1.82) is 0 Å². The first-order valence-electron chi connectivity index (χ1n) is 8.76. The van der Waals surface area contributed by atoms with E-state index in [-0.39, 0.29) is 11.2 Å². The highest BCUT2D eigenvalue weighted by molar-refractivity contribution is 7.92. The van der Waals surface area contributed by atoms with Gasteiger partial charge in [-0.15, -0.1) is 0 Å². The molecule has 0 radical (unpaired) electrons. The lowest BCUT2D eigenvalue weighted by atomic mass is 9.87. The smallest absolute Gasteiger partial charge is 0.220 e. The fourth-order valence-corrected chi connectivity index (χ4v) is 5.51. The lowest BCUT2D eigenvalue weighted by molar-refractivity contribution is 0.305. The quantitative estimate of drug-likeness (QED) is 0.851. The molecule has 3 aliphatic rings. The summed E-state index contributed by atoms with van der Waals surface area (Å²) in [5.41, 5.74) is 12.3. The zero-order valence-electron chi connectivity index (χ0n) is 14.1. The van der Waals surface area contributed by atoms with E-state index in [0.717, 1.165) is 44.2 Å². The molecule has 2 saturated carbocycles. The van der Waals surface area contributed by atoms with Crippen LogP contribution in [0.25, 0.3) is 0 Å². The van der Waals surface area contributed by atoms with Gasteiger partial charge in [0.05, 0.1) is 10.1 Å². The number of nitrogens with zero attached hydrogens (tertiary/aromatic N) is 3. The van der Waals surface area contributed by atoms with Crippen molar-refractivity contribution >= 4 is 27.4 Å². The molecule has 0 unspecified atom stereocenters. The van der Waals surface area contributed by atoms with E-state index in [1.807, 2.05) is 4.90 Å². The summed E-state index contributed by atoms with van der Waals surface area (Å²) in [6.07, 6.45) is 6.49. The molecule has 25 heavy (non-hydrogen) atoms. The normalized spacial score (nSPS) is 23.3. The van der Waals surface area contributed by atoms with Crippen molar-refractivity contribution in [3.8, 4) is 0 Å². The Bertz CT molecular complexity index is 834. The van der Waals surface area contributed by atoms with E-state index in [1.165, 1.54) is 6.42 Å². The van der Waals surface area contributed by atoms with Gasteiger partial charge in [-0.2, -0.15) is 4.99 Å². The van der Waals surface area contributed by atoms with Crippen LogP contribution in [0, 0.1) is 0 Å². The Morgan fingerprint density at radius 1 is 1.04 bits per heavy atom. The van der Waals surface area contributed by atoms with E-state index in [1.54, 1.807) is 24.3 Å². The van der Waals surface area contributed by atoms with Crippen LogP contribution in [-0.2, 0) is 9.84 Å². The van der Waals surface area contributed by atoms with Gasteiger partial charge in [-0.1, -0.05) is 6.42 Å². The van der Waals surface area contributed by atoms with E-state index < -0.39 is 15.5 Å². The molecule has 0 amide bonds. The number of benzene rings is 1. The van der Waals surface area contributed by atoms with Gasteiger partial charge >= 0.3 is 0 Å². The lowest BCUT2D eigenvalue weighted by Crippen LogP contribution is -2.58. The van der Waals surface area contributed by atoms with E-state index in [0.29, 0.717) is 10.9 Å². The third kappa shape index (κ3) is 2.78. The van der Waals surface area contributed by atoms with Gasteiger partial charge in [-0.05, 0) is 62.8 Å². The minimum Gasteiger partial charge on any atom is -0.369 e.